The second-order valence-corrected chi connectivity index (χ2v) is 4.04. The average molecular weight is 226 g/mol. The minimum Gasteiger partial charge on any atom is -0.465 e. The van der Waals surface area contributed by atoms with E-state index in [1.807, 2.05) is 0 Å². The molecule has 0 saturated heterocycles. The van der Waals surface area contributed by atoms with Crippen LogP contribution < -0.4 is 5.32 Å². The summed E-state index contributed by atoms with van der Waals surface area (Å²) in [7, 11) is 1.37. The molecule has 0 bridgehead atoms. The summed E-state index contributed by atoms with van der Waals surface area (Å²) in [5.74, 6) is -0.338. The standard InChI is InChI=1S/C11H12ClNO2/c1-15-11(14)9-5-2-7(12)6-10(9)13-8-3-4-8/h2,5-6,8,13H,3-4H2,1H3. The van der Waals surface area contributed by atoms with Crippen LogP contribution in [0.2, 0.25) is 5.02 Å². The van der Waals surface area contributed by atoms with E-state index >= 15 is 0 Å². The third-order valence-electron chi connectivity index (χ3n) is 2.32. The summed E-state index contributed by atoms with van der Waals surface area (Å²) in [6.45, 7) is 0. The minimum absolute atomic E-state index is 0.338. The van der Waals surface area contributed by atoms with Gasteiger partial charge in [-0.05, 0) is 31.0 Å². The Morgan fingerprint density at radius 1 is 1.53 bits per heavy atom. The highest BCUT2D eigenvalue weighted by atomic mass is 35.5. The highest BCUT2D eigenvalue weighted by Gasteiger charge is 2.23. The van der Waals surface area contributed by atoms with E-state index < -0.39 is 0 Å². The molecule has 0 heterocycles. The maximum absolute atomic E-state index is 11.4. The van der Waals surface area contributed by atoms with Gasteiger partial charge in [-0.2, -0.15) is 0 Å². The van der Waals surface area contributed by atoms with Crippen molar-refractivity contribution >= 4 is 23.3 Å². The van der Waals surface area contributed by atoms with Gasteiger partial charge in [-0.1, -0.05) is 11.6 Å². The molecule has 4 heteroatoms. The fourth-order valence-corrected chi connectivity index (χ4v) is 1.54. The largest absolute Gasteiger partial charge is 0.465 e. The lowest BCUT2D eigenvalue weighted by Gasteiger charge is -2.10. The number of carbonyl (C=O) groups excluding carboxylic acids is 1. The van der Waals surface area contributed by atoms with Crippen molar-refractivity contribution in [2.45, 2.75) is 18.9 Å². The van der Waals surface area contributed by atoms with Crippen LogP contribution in [0.1, 0.15) is 23.2 Å². The molecule has 3 nitrogen and oxygen atoms in total. The van der Waals surface area contributed by atoms with E-state index in [0.29, 0.717) is 16.6 Å². The van der Waals surface area contributed by atoms with E-state index in [9.17, 15) is 4.79 Å². The van der Waals surface area contributed by atoms with Crippen molar-refractivity contribution in [3.05, 3.63) is 28.8 Å². The van der Waals surface area contributed by atoms with Gasteiger partial charge in [0.05, 0.1) is 18.4 Å². The topological polar surface area (TPSA) is 38.3 Å². The molecular formula is C11H12ClNO2. The lowest BCUT2D eigenvalue weighted by atomic mass is 10.2. The van der Waals surface area contributed by atoms with Gasteiger partial charge in [-0.25, -0.2) is 4.79 Å². The molecule has 0 radical (unpaired) electrons. The summed E-state index contributed by atoms with van der Waals surface area (Å²) in [6.07, 6.45) is 2.29. The summed E-state index contributed by atoms with van der Waals surface area (Å²) in [6, 6.07) is 5.60. The SMILES string of the molecule is COC(=O)c1ccc(Cl)cc1NC1CC1. The monoisotopic (exact) mass is 225 g/mol. The number of rotatable bonds is 3. The zero-order chi connectivity index (χ0) is 10.8. The second-order valence-electron chi connectivity index (χ2n) is 3.60. The first kappa shape index (κ1) is 10.3. The zero-order valence-electron chi connectivity index (χ0n) is 8.42. The van der Waals surface area contributed by atoms with Crippen LogP contribution in [0.3, 0.4) is 0 Å². The first-order valence-corrected chi connectivity index (χ1v) is 5.23. The van der Waals surface area contributed by atoms with Gasteiger partial charge in [-0.3, -0.25) is 0 Å². The van der Waals surface area contributed by atoms with Crippen molar-refractivity contribution in [3.63, 3.8) is 0 Å². The number of carbonyl (C=O) groups is 1. The molecule has 0 atom stereocenters. The number of esters is 1. The molecule has 0 aliphatic heterocycles. The summed E-state index contributed by atoms with van der Waals surface area (Å²) < 4.78 is 4.70. The van der Waals surface area contributed by atoms with Crippen LogP contribution in [0.5, 0.6) is 0 Å². The molecule has 0 unspecified atom stereocenters. The van der Waals surface area contributed by atoms with Gasteiger partial charge in [0.2, 0.25) is 0 Å². The van der Waals surface area contributed by atoms with E-state index in [1.165, 1.54) is 7.11 Å². The number of methoxy groups -OCH3 is 1. The van der Waals surface area contributed by atoms with E-state index in [0.717, 1.165) is 18.5 Å². The van der Waals surface area contributed by atoms with E-state index in [4.69, 9.17) is 16.3 Å². The molecule has 1 fully saturated rings. The zero-order valence-corrected chi connectivity index (χ0v) is 9.17. The first-order chi connectivity index (χ1) is 7.20. The summed E-state index contributed by atoms with van der Waals surface area (Å²) in [4.78, 5) is 11.4. The second kappa shape index (κ2) is 4.11. The van der Waals surface area contributed by atoms with Gasteiger partial charge in [-0.15, -0.1) is 0 Å². The van der Waals surface area contributed by atoms with Crippen molar-refractivity contribution in [1.82, 2.24) is 0 Å². The third-order valence-corrected chi connectivity index (χ3v) is 2.56. The van der Waals surface area contributed by atoms with Gasteiger partial charge in [0.25, 0.3) is 0 Å². The van der Waals surface area contributed by atoms with Crippen LogP contribution in [0, 0.1) is 0 Å². The molecular weight excluding hydrogens is 214 g/mol. The summed E-state index contributed by atoms with van der Waals surface area (Å²) in [5, 5.41) is 3.87. The molecule has 1 N–H and O–H groups in total. The highest BCUT2D eigenvalue weighted by Crippen LogP contribution is 2.29. The van der Waals surface area contributed by atoms with Crippen molar-refractivity contribution in [1.29, 1.82) is 0 Å². The van der Waals surface area contributed by atoms with Crippen molar-refractivity contribution < 1.29 is 9.53 Å². The fraction of sp³-hybridized carbons (Fsp3) is 0.364. The number of ether oxygens (including phenoxy) is 1. The number of nitrogens with one attached hydrogen (secondary N) is 1. The predicted octanol–water partition coefficient (Wildman–Crippen LogP) is 2.70. The lowest BCUT2D eigenvalue weighted by Crippen LogP contribution is -2.09. The van der Waals surface area contributed by atoms with Crippen LogP contribution in [0.15, 0.2) is 18.2 Å². The Hall–Kier alpha value is -1.22. The number of hydrogen-bond donors (Lipinski definition) is 1. The van der Waals surface area contributed by atoms with E-state index in [1.54, 1.807) is 18.2 Å². The Morgan fingerprint density at radius 2 is 2.27 bits per heavy atom. The Bertz CT molecular complexity index is 388. The fourth-order valence-electron chi connectivity index (χ4n) is 1.37. The first-order valence-electron chi connectivity index (χ1n) is 4.85. The van der Waals surface area contributed by atoms with E-state index in [2.05, 4.69) is 5.32 Å². The molecule has 0 aromatic heterocycles. The van der Waals surface area contributed by atoms with E-state index in [-0.39, 0.29) is 5.97 Å². The Balaban J connectivity index is 2.29. The molecule has 80 valence electrons. The van der Waals surface area contributed by atoms with Crippen LogP contribution in [0.25, 0.3) is 0 Å². The molecule has 0 spiro atoms. The van der Waals surface area contributed by atoms with Crippen LogP contribution >= 0.6 is 11.6 Å². The molecule has 1 aromatic rings. The number of anilines is 1. The quantitative estimate of drug-likeness (QED) is 0.804. The van der Waals surface area contributed by atoms with Crippen LogP contribution in [-0.4, -0.2) is 19.1 Å². The Morgan fingerprint density at radius 3 is 2.87 bits per heavy atom. The molecule has 1 aromatic carbocycles. The summed E-state index contributed by atoms with van der Waals surface area (Å²) >= 11 is 5.88. The van der Waals surface area contributed by atoms with Gasteiger partial charge >= 0.3 is 5.97 Å². The summed E-state index contributed by atoms with van der Waals surface area (Å²) in [5.41, 5.74) is 1.30. The molecule has 0 amide bonds. The van der Waals surface area contributed by atoms with Gasteiger partial charge < -0.3 is 10.1 Å². The molecule has 1 aliphatic rings. The van der Waals surface area contributed by atoms with Gasteiger partial charge in [0, 0.05) is 11.1 Å². The van der Waals surface area contributed by atoms with Crippen molar-refractivity contribution in [2.75, 3.05) is 12.4 Å². The lowest BCUT2D eigenvalue weighted by molar-refractivity contribution is 0.0602. The number of hydrogen-bond acceptors (Lipinski definition) is 3. The predicted molar refractivity (Wildman–Crippen MR) is 59.4 cm³/mol. The van der Waals surface area contributed by atoms with Crippen LogP contribution in [0.4, 0.5) is 5.69 Å². The smallest absolute Gasteiger partial charge is 0.339 e. The number of benzene rings is 1. The molecule has 1 saturated carbocycles. The molecule has 15 heavy (non-hydrogen) atoms. The Labute approximate surface area is 93.4 Å². The van der Waals surface area contributed by atoms with Crippen molar-refractivity contribution in [3.8, 4) is 0 Å². The van der Waals surface area contributed by atoms with Crippen molar-refractivity contribution in [2.24, 2.45) is 0 Å². The minimum atomic E-state index is -0.338. The molecule has 2 rings (SSSR count). The van der Waals surface area contributed by atoms with Crippen LogP contribution in [-0.2, 0) is 4.74 Å². The van der Waals surface area contributed by atoms with Gasteiger partial charge in [0.15, 0.2) is 0 Å². The maximum atomic E-state index is 11.4. The van der Waals surface area contributed by atoms with Gasteiger partial charge in [0.1, 0.15) is 0 Å². The average Bonchev–Trinajstić information content (AvgIpc) is 3.01. The normalized spacial score (nSPS) is 14.8. The maximum Gasteiger partial charge on any atom is 0.339 e. The number of halogens is 1. The Kier molecular flexibility index (Phi) is 2.82. The third kappa shape index (κ3) is 2.42. The molecule has 1 aliphatic carbocycles. The highest BCUT2D eigenvalue weighted by molar-refractivity contribution is 6.31.